The van der Waals surface area contributed by atoms with Crippen LogP contribution < -0.4 is 9.44 Å². The average molecular weight is 407 g/mol. The minimum atomic E-state index is -3.90. The van der Waals surface area contributed by atoms with Gasteiger partial charge in [-0.05, 0) is 23.8 Å². The topological polar surface area (TPSA) is 123 Å². The quantitative estimate of drug-likeness (QED) is 0.613. The Bertz CT molecular complexity index is 1140. The molecule has 0 aliphatic heterocycles. The first kappa shape index (κ1) is 18.9. The van der Waals surface area contributed by atoms with Crippen molar-refractivity contribution in [2.24, 2.45) is 7.05 Å². The Balaban J connectivity index is 1.77. The normalized spacial score (nSPS) is 11.9. The van der Waals surface area contributed by atoms with Gasteiger partial charge in [-0.1, -0.05) is 41.6 Å². The van der Waals surface area contributed by atoms with Crippen molar-refractivity contribution in [2.75, 3.05) is 9.44 Å². The maximum Gasteiger partial charge on any atom is 0.280 e. The van der Waals surface area contributed by atoms with E-state index in [-0.39, 0.29) is 22.2 Å². The molecule has 3 rings (SSSR count). The van der Waals surface area contributed by atoms with Gasteiger partial charge in [0.2, 0.25) is 10.0 Å². The highest BCUT2D eigenvalue weighted by Gasteiger charge is 2.19. The van der Waals surface area contributed by atoms with Crippen LogP contribution in [0.3, 0.4) is 0 Å². The van der Waals surface area contributed by atoms with Gasteiger partial charge in [0.25, 0.3) is 10.0 Å². The molecule has 0 amide bonds. The lowest BCUT2D eigenvalue weighted by molar-refractivity contribution is 0.579. The SMILES string of the molecule is Cn1nncc1S(=O)(=O)Nc1cccc(NS(=O)(=O)Cc2ccccc2)c1. The molecule has 0 aliphatic carbocycles. The van der Waals surface area contributed by atoms with Gasteiger partial charge in [0.1, 0.15) is 0 Å². The molecule has 0 saturated carbocycles. The highest BCUT2D eigenvalue weighted by atomic mass is 32.2. The maximum atomic E-state index is 12.4. The van der Waals surface area contributed by atoms with E-state index in [1.54, 1.807) is 36.4 Å². The summed E-state index contributed by atoms with van der Waals surface area (Å²) in [5.74, 6) is -0.190. The molecule has 0 aliphatic rings. The molecule has 0 saturated heterocycles. The van der Waals surface area contributed by atoms with Crippen molar-refractivity contribution in [3.05, 3.63) is 66.4 Å². The summed E-state index contributed by atoms with van der Waals surface area (Å²) < 4.78 is 55.3. The largest absolute Gasteiger partial charge is 0.283 e. The lowest BCUT2D eigenvalue weighted by Gasteiger charge is -2.11. The maximum absolute atomic E-state index is 12.4. The third-order valence-electron chi connectivity index (χ3n) is 3.54. The molecule has 1 aromatic heterocycles. The van der Waals surface area contributed by atoms with Crippen molar-refractivity contribution in [2.45, 2.75) is 10.8 Å². The van der Waals surface area contributed by atoms with Gasteiger partial charge in [-0.25, -0.2) is 13.1 Å². The summed E-state index contributed by atoms with van der Waals surface area (Å²) in [6.45, 7) is 0. The van der Waals surface area contributed by atoms with E-state index in [0.29, 0.717) is 5.56 Å². The summed E-state index contributed by atoms with van der Waals surface area (Å²) in [7, 11) is -6.09. The molecule has 0 spiro atoms. The molecular weight excluding hydrogens is 390 g/mol. The number of aryl methyl sites for hydroxylation is 1. The van der Waals surface area contributed by atoms with Gasteiger partial charge in [0.05, 0.1) is 23.3 Å². The molecule has 1 heterocycles. The van der Waals surface area contributed by atoms with Crippen molar-refractivity contribution in [1.29, 1.82) is 0 Å². The van der Waals surface area contributed by atoms with Crippen LogP contribution in [0.15, 0.2) is 65.8 Å². The Morgan fingerprint density at radius 2 is 1.59 bits per heavy atom. The zero-order valence-corrected chi connectivity index (χ0v) is 15.9. The predicted octanol–water partition coefficient (Wildman–Crippen LogP) is 1.56. The van der Waals surface area contributed by atoms with Gasteiger partial charge < -0.3 is 0 Å². The fraction of sp³-hybridized carbons (Fsp3) is 0.125. The summed E-state index contributed by atoms with van der Waals surface area (Å²) >= 11 is 0. The molecular formula is C16H17N5O4S2. The summed E-state index contributed by atoms with van der Waals surface area (Å²) in [6, 6.07) is 14.7. The fourth-order valence-corrected chi connectivity index (χ4v) is 4.69. The average Bonchev–Trinajstić information content (AvgIpc) is 3.02. The third kappa shape index (κ3) is 4.83. The van der Waals surface area contributed by atoms with Gasteiger partial charge in [-0.15, -0.1) is 5.10 Å². The number of nitrogens with zero attached hydrogens (tertiary/aromatic N) is 3. The summed E-state index contributed by atoms with van der Waals surface area (Å²) in [4.78, 5) is 0. The number of sulfonamides is 2. The molecule has 2 N–H and O–H groups in total. The lowest BCUT2D eigenvalue weighted by Crippen LogP contribution is -2.17. The zero-order chi connectivity index (χ0) is 19.5. The molecule has 3 aromatic rings. The van der Waals surface area contributed by atoms with Crippen molar-refractivity contribution in [3.63, 3.8) is 0 Å². The van der Waals surface area contributed by atoms with Crippen LogP contribution in [-0.2, 0) is 32.8 Å². The Labute approximate surface area is 157 Å². The first-order chi connectivity index (χ1) is 12.8. The second kappa shape index (κ2) is 7.37. The van der Waals surface area contributed by atoms with Crippen molar-refractivity contribution < 1.29 is 16.8 Å². The van der Waals surface area contributed by atoms with Crippen LogP contribution in [0.2, 0.25) is 0 Å². The molecule has 0 bridgehead atoms. The minimum Gasteiger partial charge on any atom is -0.283 e. The molecule has 142 valence electrons. The van der Waals surface area contributed by atoms with Crippen LogP contribution in [0.25, 0.3) is 0 Å². The molecule has 0 unspecified atom stereocenters. The molecule has 27 heavy (non-hydrogen) atoms. The Hall–Kier alpha value is -2.92. The second-order valence-electron chi connectivity index (χ2n) is 5.73. The number of benzene rings is 2. The van der Waals surface area contributed by atoms with Gasteiger partial charge >= 0.3 is 0 Å². The van der Waals surface area contributed by atoms with Gasteiger partial charge in [0, 0.05) is 7.05 Å². The van der Waals surface area contributed by atoms with E-state index in [4.69, 9.17) is 0 Å². The number of hydrogen-bond donors (Lipinski definition) is 2. The van der Waals surface area contributed by atoms with Gasteiger partial charge in [-0.2, -0.15) is 8.42 Å². The number of anilines is 2. The summed E-state index contributed by atoms with van der Waals surface area (Å²) in [6.07, 6.45) is 1.12. The number of hydrogen-bond acceptors (Lipinski definition) is 6. The third-order valence-corrected chi connectivity index (χ3v) is 6.22. The van der Waals surface area contributed by atoms with E-state index in [1.807, 2.05) is 0 Å². The van der Waals surface area contributed by atoms with E-state index >= 15 is 0 Å². The van der Waals surface area contributed by atoms with Crippen LogP contribution in [0.4, 0.5) is 11.4 Å². The molecule has 0 fully saturated rings. The van der Waals surface area contributed by atoms with E-state index in [9.17, 15) is 16.8 Å². The predicted molar refractivity (Wildman–Crippen MR) is 101 cm³/mol. The Kier molecular flexibility index (Phi) is 5.15. The van der Waals surface area contributed by atoms with Gasteiger partial charge in [0.15, 0.2) is 5.03 Å². The van der Waals surface area contributed by atoms with E-state index in [1.165, 1.54) is 25.2 Å². The second-order valence-corrected chi connectivity index (χ2v) is 9.08. The van der Waals surface area contributed by atoms with Crippen molar-refractivity contribution in [1.82, 2.24) is 15.0 Å². The fourth-order valence-electron chi connectivity index (χ4n) is 2.39. The summed E-state index contributed by atoms with van der Waals surface area (Å²) in [5, 5.41) is 7.01. The molecule has 0 atom stereocenters. The lowest BCUT2D eigenvalue weighted by atomic mass is 10.2. The minimum absolute atomic E-state index is 0.113. The highest BCUT2D eigenvalue weighted by molar-refractivity contribution is 7.92. The van der Waals surface area contributed by atoms with Crippen LogP contribution in [0.5, 0.6) is 0 Å². The Morgan fingerprint density at radius 3 is 2.22 bits per heavy atom. The first-order valence-corrected chi connectivity index (χ1v) is 10.9. The molecule has 9 nitrogen and oxygen atoms in total. The molecule has 11 heteroatoms. The van der Waals surface area contributed by atoms with Gasteiger partial charge in [-0.3, -0.25) is 9.44 Å². The van der Waals surface area contributed by atoms with Crippen molar-refractivity contribution >= 4 is 31.4 Å². The number of rotatable bonds is 7. The smallest absolute Gasteiger partial charge is 0.280 e. The number of aromatic nitrogens is 3. The summed E-state index contributed by atoms with van der Waals surface area (Å²) in [5.41, 5.74) is 1.09. The molecule has 0 radical (unpaired) electrons. The Morgan fingerprint density at radius 1 is 0.926 bits per heavy atom. The van der Waals surface area contributed by atoms with E-state index < -0.39 is 20.0 Å². The molecule has 2 aromatic carbocycles. The number of nitrogens with one attached hydrogen (secondary N) is 2. The highest BCUT2D eigenvalue weighted by Crippen LogP contribution is 2.20. The van der Waals surface area contributed by atoms with Crippen LogP contribution in [0, 0.1) is 0 Å². The standard InChI is InChI=1S/C16H17N5O4S2/c1-21-16(11-17-20-21)27(24,25)19-15-9-5-8-14(10-15)18-26(22,23)12-13-6-3-2-4-7-13/h2-11,18-19H,12H2,1H3. The van der Waals surface area contributed by atoms with E-state index in [0.717, 1.165) is 10.9 Å². The van der Waals surface area contributed by atoms with Crippen LogP contribution in [0.1, 0.15) is 5.56 Å². The van der Waals surface area contributed by atoms with Crippen molar-refractivity contribution in [3.8, 4) is 0 Å². The van der Waals surface area contributed by atoms with Crippen LogP contribution >= 0.6 is 0 Å². The zero-order valence-electron chi connectivity index (χ0n) is 14.3. The monoisotopic (exact) mass is 407 g/mol. The van der Waals surface area contributed by atoms with E-state index in [2.05, 4.69) is 19.8 Å². The first-order valence-electron chi connectivity index (χ1n) is 7.77. The van der Waals surface area contributed by atoms with Crippen LogP contribution in [-0.4, -0.2) is 31.8 Å².